The van der Waals surface area contributed by atoms with E-state index in [9.17, 15) is 20.1 Å². The lowest BCUT2D eigenvalue weighted by Crippen LogP contribution is -2.31. The van der Waals surface area contributed by atoms with Crippen molar-refractivity contribution < 1.29 is 30.0 Å². The van der Waals surface area contributed by atoms with E-state index in [1.54, 1.807) is 24.3 Å². The number of hydrogen-bond donors (Lipinski definition) is 4. The van der Waals surface area contributed by atoms with E-state index in [-0.39, 0.29) is 35.4 Å². The number of phenolic OH excluding ortho intramolecular Hbond substituents is 2. The Kier molecular flexibility index (Phi) is 7.87. The third-order valence-electron chi connectivity index (χ3n) is 6.03. The second kappa shape index (κ2) is 9.74. The van der Waals surface area contributed by atoms with Crippen molar-refractivity contribution in [1.29, 1.82) is 0 Å². The molecule has 0 aromatic heterocycles. The number of aliphatic hydroxyl groups excluding tert-OH is 2. The second-order valence-corrected chi connectivity index (χ2v) is 11.0. The molecule has 1 unspecified atom stereocenters. The SMILES string of the molecule is CC(C)(C)c1cc(C(C)(CC(=O)OCC(O)CO)c2ccc(O)c(C(C)(C)C)c2)ccc1O. The number of ether oxygens (including phenoxy) is 1. The molecule has 0 aliphatic carbocycles. The molecule has 0 saturated heterocycles. The van der Waals surface area contributed by atoms with Crippen LogP contribution in [0, 0.1) is 0 Å². The Bertz CT molecular complexity index is 918. The standard InChI is InChI=1S/C27H38O6/c1-25(2,3)20-12-17(8-10-22(20)30)27(7,14-24(32)33-16-19(29)15-28)18-9-11-23(31)21(13-18)26(4,5)6/h8-13,19,28-31H,14-16H2,1-7H3. The first-order chi connectivity index (χ1) is 15.1. The van der Waals surface area contributed by atoms with Crippen LogP contribution in [0.2, 0.25) is 0 Å². The first-order valence-electron chi connectivity index (χ1n) is 11.2. The van der Waals surface area contributed by atoms with Crippen molar-refractivity contribution in [2.24, 2.45) is 0 Å². The van der Waals surface area contributed by atoms with Gasteiger partial charge in [0.05, 0.1) is 13.0 Å². The van der Waals surface area contributed by atoms with Crippen molar-refractivity contribution in [3.63, 3.8) is 0 Å². The van der Waals surface area contributed by atoms with Gasteiger partial charge < -0.3 is 25.2 Å². The maximum absolute atomic E-state index is 12.8. The number of benzene rings is 2. The molecule has 0 spiro atoms. The number of carbonyl (C=O) groups is 1. The van der Waals surface area contributed by atoms with Gasteiger partial charge in [-0.1, -0.05) is 72.7 Å². The van der Waals surface area contributed by atoms with Gasteiger partial charge in [-0.05, 0) is 45.2 Å². The molecule has 0 saturated carbocycles. The molecule has 0 bridgehead atoms. The van der Waals surface area contributed by atoms with E-state index in [0.717, 1.165) is 22.3 Å². The van der Waals surface area contributed by atoms with Crippen LogP contribution in [0.15, 0.2) is 36.4 Å². The highest BCUT2D eigenvalue weighted by Gasteiger charge is 2.35. The predicted molar refractivity (Wildman–Crippen MR) is 129 cm³/mol. The van der Waals surface area contributed by atoms with Crippen LogP contribution >= 0.6 is 0 Å². The summed E-state index contributed by atoms with van der Waals surface area (Å²) >= 11 is 0. The van der Waals surface area contributed by atoms with Gasteiger partial charge in [0.25, 0.3) is 0 Å². The Hall–Kier alpha value is -2.57. The molecule has 0 amide bonds. The third kappa shape index (κ3) is 6.27. The number of phenols is 2. The van der Waals surface area contributed by atoms with Gasteiger partial charge in [-0.25, -0.2) is 0 Å². The highest BCUT2D eigenvalue weighted by Crippen LogP contribution is 2.42. The zero-order valence-electron chi connectivity index (χ0n) is 20.8. The molecule has 182 valence electrons. The maximum Gasteiger partial charge on any atom is 0.307 e. The minimum Gasteiger partial charge on any atom is -0.508 e. The summed E-state index contributed by atoms with van der Waals surface area (Å²) in [5.74, 6) is -0.160. The van der Waals surface area contributed by atoms with Gasteiger partial charge >= 0.3 is 5.97 Å². The number of aliphatic hydroxyl groups is 2. The molecule has 6 nitrogen and oxygen atoms in total. The van der Waals surface area contributed by atoms with E-state index < -0.39 is 24.1 Å². The lowest BCUT2D eigenvalue weighted by atomic mass is 9.70. The van der Waals surface area contributed by atoms with Crippen LogP contribution in [-0.2, 0) is 25.8 Å². The fraction of sp³-hybridized carbons (Fsp3) is 0.519. The number of rotatable bonds is 7. The summed E-state index contributed by atoms with van der Waals surface area (Å²) in [4.78, 5) is 12.8. The van der Waals surface area contributed by atoms with E-state index in [1.165, 1.54) is 0 Å². The van der Waals surface area contributed by atoms with Crippen molar-refractivity contribution in [3.05, 3.63) is 58.7 Å². The Labute approximate surface area is 196 Å². The van der Waals surface area contributed by atoms with E-state index in [2.05, 4.69) is 0 Å². The molecule has 2 aromatic rings. The summed E-state index contributed by atoms with van der Waals surface area (Å²) in [5.41, 5.74) is 1.65. The molecule has 33 heavy (non-hydrogen) atoms. The Morgan fingerprint density at radius 1 is 0.848 bits per heavy atom. The highest BCUT2D eigenvalue weighted by atomic mass is 16.5. The molecular formula is C27H38O6. The van der Waals surface area contributed by atoms with E-state index >= 15 is 0 Å². The number of hydrogen-bond acceptors (Lipinski definition) is 6. The second-order valence-electron chi connectivity index (χ2n) is 11.0. The van der Waals surface area contributed by atoms with E-state index in [4.69, 9.17) is 9.84 Å². The van der Waals surface area contributed by atoms with Gasteiger partial charge in [-0.15, -0.1) is 0 Å². The summed E-state index contributed by atoms with van der Waals surface area (Å²) in [6, 6.07) is 10.7. The summed E-state index contributed by atoms with van der Waals surface area (Å²) in [7, 11) is 0. The van der Waals surface area contributed by atoms with Crippen molar-refractivity contribution in [2.45, 2.75) is 77.2 Å². The van der Waals surface area contributed by atoms with Crippen LogP contribution in [0.25, 0.3) is 0 Å². The molecule has 4 N–H and O–H groups in total. The van der Waals surface area contributed by atoms with Crippen LogP contribution in [-0.4, -0.2) is 45.7 Å². The van der Waals surface area contributed by atoms with Crippen molar-refractivity contribution >= 4 is 5.97 Å². The molecule has 0 fully saturated rings. The van der Waals surface area contributed by atoms with Gasteiger partial charge in [0.15, 0.2) is 0 Å². The molecule has 2 aromatic carbocycles. The maximum atomic E-state index is 12.8. The average molecular weight is 459 g/mol. The molecule has 2 rings (SSSR count). The first kappa shape index (κ1) is 26.7. The van der Waals surface area contributed by atoms with Crippen molar-refractivity contribution in [3.8, 4) is 11.5 Å². The Morgan fingerprint density at radius 2 is 1.27 bits per heavy atom. The first-order valence-corrected chi connectivity index (χ1v) is 11.2. The van der Waals surface area contributed by atoms with Gasteiger partial charge in [0.1, 0.15) is 24.2 Å². The van der Waals surface area contributed by atoms with Crippen LogP contribution in [0.5, 0.6) is 11.5 Å². The molecule has 0 aliphatic heterocycles. The molecule has 6 heteroatoms. The third-order valence-corrected chi connectivity index (χ3v) is 6.03. The van der Waals surface area contributed by atoms with E-state index in [0.29, 0.717) is 0 Å². The van der Waals surface area contributed by atoms with Crippen LogP contribution in [0.4, 0.5) is 0 Å². The molecule has 1 atom stereocenters. The monoisotopic (exact) mass is 458 g/mol. The molecule has 0 aliphatic rings. The van der Waals surface area contributed by atoms with Crippen molar-refractivity contribution in [1.82, 2.24) is 0 Å². The quantitative estimate of drug-likeness (QED) is 0.461. The number of esters is 1. The summed E-state index contributed by atoms with van der Waals surface area (Å²) in [6.07, 6.45) is -1.17. The fourth-order valence-corrected chi connectivity index (χ4v) is 3.91. The van der Waals surface area contributed by atoms with Gasteiger partial charge in [-0.2, -0.15) is 0 Å². The summed E-state index contributed by atoms with van der Waals surface area (Å²) in [5, 5.41) is 39.5. The molecule has 0 radical (unpaired) electrons. The lowest BCUT2D eigenvalue weighted by Gasteiger charge is -2.33. The zero-order chi connectivity index (χ0) is 25.2. The summed E-state index contributed by atoms with van der Waals surface area (Å²) < 4.78 is 5.23. The minimum absolute atomic E-state index is 0.0339. The van der Waals surface area contributed by atoms with Crippen molar-refractivity contribution in [2.75, 3.05) is 13.2 Å². The Balaban J connectivity index is 2.65. The lowest BCUT2D eigenvalue weighted by molar-refractivity contribution is -0.148. The predicted octanol–water partition coefficient (Wildman–Crippen LogP) is 4.29. The number of aromatic hydroxyl groups is 2. The topological polar surface area (TPSA) is 107 Å². The Morgan fingerprint density at radius 3 is 1.64 bits per heavy atom. The van der Waals surface area contributed by atoms with Gasteiger partial charge in [0, 0.05) is 5.41 Å². The normalized spacial score (nSPS) is 13.6. The molecule has 0 heterocycles. The minimum atomic E-state index is -1.14. The zero-order valence-corrected chi connectivity index (χ0v) is 20.8. The molecular weight excluding hydrogens is 420 g/mol. The van der Waals surface area contributed by atoms with Gasteiger partial charge in [0.2, 0.25) is 0 Å². The van der Waals surface area contributed by atoms with Crippen LogP contribution < -0.4 is 0 Å². The number of carbonyl (C=O) groups excluding carboxylic acids is 1. The van der Waals surface area contributed by atoms with Crippen LogP contribution in [0.1, 0.15) is 77.1 Å². The largest absolute Gasteiger partial charge is 0.508 e. The smallest absolute Gasteiger partial charge is 0.307 e. The van der Waals surface area contributed by atoms with E-state index in [1.807, 2.05) is 60.6 Å². The summed E-state index contributed by atoms with van der Waals surface area (Å²) in [6.45, 7) is 13.2. The van der Waals surface area contributed by atoms with Crippen LogP contribution in [0.3, 0.4) is 0 Å². The average Bonchev–Trinajstić information content (AvgIpc) is 2.70. The fourth-order valence-electron chi connectivity index (χ4n) is 3.91. The van der Waals surface area contributed by atoms with Gasteiger partial charge in [-0.3, -0.25) is 4.79 Å². The highest BCUT2D eigenvalue weighted by molar-refractivity contribution is 5.73.